The van der Waals surface area contributed by atoms with Gasteiger partial charge in [-0.25, -0.2) is 13.8 Å². The summed E-state index contributed by atoms with van der Waals surface area (Å²) in [5.41, 5.74) is 0.597. The zero-order valence-electron chi connectivity index (χ0n) is 9.28. The second-order valence-electron chi connectivity index (χ2n) is 3.67. The van der Waals surface area contributed by atoms with Gasteiger partial charge < -0.3 is 5.32 Å². The molecule has 2 nitrogen and oxygen atoms in total. The van der Waals surface area contributed by atoms with E-state index in [4.69, 9.17) is 0 Å². The van der Waals surface area contributed by atoms with Crippen LogP contribution in [-0.2, 0) is 6.42 Å². The number of nitrogens with zero attached hydrogens (tertiary/aromatic N) is 1. The normalized spacial score (nSPS) is 12.6. The van der Waals surface area contributed by atoms with E-state index in [9.17, 15) is 8.78 Å². The van der Waals surface area contributed by atoms with Crippen molar-refractivity contribution in [1.82, 2.24) is 10.3 Å². The first kappa shape index (κ1) is 12.1. The molecule has 1 atom stereocenters. The van der Waals surface area contributed by atoms with Crippen molar-refractivity contribution in [2.24, 2.45) is 0 Å². The van der Waals surface area contributed by atoms with E-state index >= 15 is 0 Å². The van der Waals surface area contributed by atoms with Crippen molar-refractivity contribution in [3.63, 3.8) is 0 Å². The number of hydrogen-bond acceptors (Lipinski definition) is 3. The maximum atomic E-state index is 13.1. The van der Waals surface area contributed by atoms with Crippen LogP contribution < -0.4 is 5.32 Å². The SMILES string of the molecule is CNC(Cc1nccs1)c1cc(F)cc(F)c1. The molecule has 0 bridgehead atoms. The lowest BCUT2D eigenvalue weighted by molar-refractivity contribution is 0.550. The molecule has 2 rings (SSSR count). The third-order valence-corrected chi connectivity index (χ3v) is 3.30. The molecule has 1 aromatic heterocycles. The molecule has 1 N–H and O–H groups in total. The first-order chi connectivity index (χ1) is 8.19. The Bertz CT molecular complexity index is 465. The topological polar surface area (TPSA) is 24.9 Å². The molecule has 0 spiro atoms. The average Bonchev–Trinajstić information content (AvgIpc) is 2.77. The van der Waals surface area contributed by atoms with Gasteiger partial charge in [-0.3, -0.25) is 0 Å². The summed E-state index contributed by atoms with van der Waals surface area (Å²) in [6.07, 6.45) is 2.34. The van der Waals surface area contributed by atoms with E-state index in [0.29, 0.717) is 12.0 Å². The second kappa shape index (κ2) is 5.33. The first-order valence-electron chi connectivity index (χ1n) is 5.20. The predicted molar refractivity (Wildman–Crippen MR) is 64.0 cm³/mol. The van der Waals surface area contributed by atoms with Crippen molar-refractivity contribution >= 4 is 11.3 Å². The molecular weight excluding hydrogens is 242 g/mol. The van der Waals surface area contributed by atoms with Gasteiger partial charge in [-0.2, -0.15) is 0 Å². The van der Waals surface area contributed by atoms with Gasteiger partial charge >= 0.3 is 0 Å². The number of thiazole rings is 1. The van der Waals surface area contributed by atoms with Crippen LogP contribution in [0.5, 0.6) is 0 Å². The highest BCUT2D eigenvalue weighted by atomic mass is 32.1. The molecule has 0 fully saturated rings. The molecule has 0 radical (unpaired) electrons. The number of benzene rings is 1. The summed E-state index contributed by atoms with van der Waals surface area (Å²) in [5, 5.41) is 5.87. The number of nitrogens with one attached hydrogen (secondary N) is 1. The molecule has 90 valence electrons. The van der Waals surface area contributed by atoms with Crippen LogP contribution in [0.3, 0.4) is 0 Å². The van der Waals surface area contributed by atoms with Crippen LogP contribution in [0.2, 0.25) is 0 Å². The van der Waals surface area contributed by atoms with Gasteiger partial charge in [0.25, 0.3) is 0 Å². The minimum Gasteiger partial charge on any atom is -0.313 e. The number of likely N-dealkylation sites (N-methyl/N-ethyl adjacent to an activating group) is 1. The van der Waals surface area contributed by atoms with Gasteiger partial charge in [0.2, 0.25) is 0 Å². The number of rotatable bonds is 4. The van der Waals surface area contributed by atoms with Crippen LogP contribution in [0.15, 0.2) is 29.8 Å². The summed E-state index contributed by atoms with van der Waals surface area (Å²) in [4.78, 5) is 4.17. The zero-order valence-corrected chi connectivity index (χ0v) is 10.1. The summed E-state index contributed by atoms with van der Waals surface area (Å²) in [6.45, 7) is 0. The first-order valence-corrected chi connectivity index (χ1v) is 6.08. The third kappa shape index (κ3) is 3.08. The maximum Gasteiger partial charge on any atom is 0.126 e. The fourth-order valence-electron chi connectivity index (χ4n) is 1.69. The molecule has 17 heavy (non-hydrogen) atoms. The highest BCUT2D eigenvalue weighted by molar-refractivity contribution is 7.09. The molecule has 0 aliphatic heterocycles. The van der Waals surface area contributed by atoms with Crippen LogP contribution in [0.1, 0.15) is 16.6 Å². The van der Waals surface area contributed by atoms with Crippen molar-refractivity contribution in [1.29, 1.82) is 0 Å². The van der Waals surface area contributed by atoms with Crippen molar-refractivity contribution < 1.29 is 8.78 Å². The van der Waals surface area contributed by atoms with Gasteiger partial charge in [0.1, 0.15) is 11.6 Å². The van der Waals surface area contributed by atoms with Crippen LogP contribution in [0, 0.1) is 11.6 Å². The summed E-state index contributed by atoms with van der Waals surface area (Å²) < 4.78 is 26.2. The molecule has 5 heteroatoms. The molecule has 2 aromatic rings. The molecule has 1 heterocycles. The Kier molecular flexibility index (Phi) is 3.81. The Hall–Kier alpha value is -1.33. The van der Waals surface area contributed by atoms with E-state index < -0.39 is 11.6 Å². The predicted octanol–water partition coefficient (Wildman–Crippen LogP) is 2.92. The van der Waals surface area contributed by atoms with Gasteiger partial charge in [0.05, 0.1) is 5.01 Å². The summed E-state index contributed by atoms with van der Waals surface area (Å²) >= 11 is 1.53. The van der Waals surface area contributed by atoms with Crippen LogP contribution >= 0.6 is 11.3 Å². The maximum absolute atomic E-state index is 13.1. The summed E-state index contributed by atoms with van der Waals surface area (Å²) in [6, 6.07) is 3.43. The Morgan fingerprint density at radius 2 is 2.00 bits per heavy atom. The van der Waals surface area contributed by atoms with Crippen molar-refractivity contribution in [2.45, 2.75) is 12.5 Å². The molecule has 1 unspecified atom stereocenters. The van der Waals surface area contributed by atoms with Crippen LogP contribution in [0.25, 0.3) is 0 Å². The number of hydrogen-bond donors (Lipinski definition) is 1. The van der Waals surface area contributed by atoms with Crippen LogP contribution in [0.4, 0.5) is 8.78 Å². The largest absolute Gasteiger partial charge is 0.313 e. The van der Waals surface area contributed by atoms with Gasteiger partial charge in [-0.15, -0.1) is 11.3 Å². The van der Waals surface area contributed by atoms with Gasteiger partial charge in [0.15, 0.2) is 0 Å². The van der Waals surface area contributed by atoms with E-state index in [1.165, 1.54) is 23.5 Å². The van der Waals surface area contributed by atoms with Gasteiger partial charge in [-0.1, -0.05) is 0 Å². The molecular formula is C12H12F2N2S. The Morgan fingerprint density at radius 3 is 2.53 bits per heavy atom. The minimum atomic E-state index is -0.556. The zero-order chi connectivity index (χ0) is 12.3. The molecule has 0 aliphatic carbocycles. The standard InChI is InChI=1S/C12H12F2N2S/c1-15-11(7-12-16-2-3-17-12)8-4-9(13)6-10(14)5-8/h2-6,11,15H,7H2,1H3. The Balaban J connectivity index is 2.22. The van der Waals surface area contributed by atoms with E-state index in [1.54, 1.807) is 13.2 Å². The second-order valence-corrected chi connectivity index (χ2v) is 4.65. The third-order valence-electron chi connectivity index (χ3n) is 2.50. The Morgan fingerprint density at radius 1 is 1.29 bits per heavy atom. The quantitative estimate of drug-likeness (QED) is 0.907. The lowest BCUT2D eigenvalue weighted by Crippen LogP contribution is -2.19. The van der Waals surface area contributed by atoms with Gasteiger partial charge in [0, 0.05) is 30.1 Å². The number of halogens is 2. The molecule has 0 amide bonds. The smallest absolute Gasteiger partial charge is 0.126 e. The monoisotopic (exact) mass is 254 g/mol. The fourth-order valence-corrected chi connectivity index (χ4v) is 2.35. The lowest BCUT2D eigenvalue weighted by Gasteiger charge is -2.15. The van der Waals surface area contributed by atoms with Crippen molar-refractivity contribution in [3.05, 3.63) is 52.0 Å². The molecule has 0 saturated carbocycles. The average molecular weight is 254 g/mol. The lowest BCUT2D eigenvalue weighted by atomic mass is 10.0. The highest BCUT2D eigenvalue weighted by Gasteiger charge is 2.13. The molecule has 0 aliphatic rings. The van der Waals surface area contributed by atoms with Crippen LogP contribution in [-0.4, -0.2) is 12.0 Å². The van der Waals surface area contributed by atoms with Crippen molar-refractivity contribution in [2.75, 3.05) is 7.05 Å². The molecule has 1 aromatic carbocycles. The van der Waals surface area contributed by atoms with E-state index in [-0.39, 0.29) is 6.04 Å². The van der Waals surface area contributed by atoms with E-state index in [2.05, 4.69) is 10.3 Å². The fraction of sp³-hybridized carbons (Fsp3) is 0.250. The van der Waals surface area contributed by atoms with E-state index in [0.717, 1.165) is 11.1 Å². The minimum absolute atomic E-state index is 0.133. The van der Waals surface area contributed by atoms with Crippen molar-refractivity contribution in [3.8, 4) is 0 Å². The highest BCUT2D eigenvalue weighted by Crippen LogP contribution is 2.21. The van der Waals surface area contributed by atoms with Gasteiger partial charge in [-0.05, 0) is 24.7 Å². The number of aromatic nitrogens is 1. The van der Waals surface area contributed by atoms with E-state index in [1.807, 2.05) is 5.38 Å². The Labute approximate surface area is 102 Å². The summed E-state index contributed by atoms with van der Waals surface area (Å²) in [7, 11) is 1.76. The summed E-state index contributed by atoms with van der Waals surface area (Å²) in [5.74, 6) is -1.11. The molecule has 0 saturated heterocycles.